The Hall–Kier alpha value is -2.53. The number of ether oxygens (including phenoxy) is 1. The zero-order valence-electron chi connectivity index (χ0n) is 11.7. The van der Waals surface area contributed by atoms with Crippen molar-refractivity contribution >= 4 is 5.65 Å². The van der Waals surface area contributed by atoms with Gasteiger partial charge >= 0.3 is 0 Å². The summed E-state index contributed by atoms with van der Waals surface area (Å²) in [4.78, 5) is 21.0. The van der Waals surface area contributed by atoms with Crippen molar-refractivity contribution in [3.8, 4) is 11.3 Å². The number of rotatable bonds is 4. The molecular weight excluding hydrogens is 266 g/mol. The van der Waals surface area contributed by atoms with Crippen molar-refractivity contribution in [1.29, 1.82) is 0 Å². The fraction of sp³-hybridized carbons (Fsp3) is 0.188. The van der Waals surface area contributed by atoms with Crippen LogP contribution in [0.2, 0.25) is 0 Å². The van der Waals surface area contributed by atoms with Gasteiger partial charge in [-0.05, 0) is 24.3 Å². The van der Waals surface area contributed by atoms with E-state index in [2.05, 4.69) is 9.97 Å². The van der Waals surface area contributed by atoms with Crippen LogP contribution in [-0.4, -0.2) is 28.1 Å². The van der Waals surface area contributed by atoms with Crippen LogP contribution in [0.5, 0.6) is 0 Å². The number of methoxy groups -OCH3 is 1. The number of hydrogen-bond donors (Lipinski definition) is 0. The Labute approximate surface area is 121 Å². The summed E-state index contributed by atoms with van der Waals surface area (Å²) < 4.78 is 6.56. The molecule has 3 rings (SSSR count). The molecule has 0 aliphatic heterocycles. The lowest BCUT2D eigenvalue weighted by Crippen LogP contribution is -2.20. The number of fused-ring (bicyclic) bond motifs is 1. The minimum Gasteiger partial charge on any atom is -0.384 e. The second kappa shape index (κ2) is 5.85. The van der Waals surface area contributed by atoms with E-state index in [1.807, 2.05) is 30.3 Å². The van der Waals surface area contributed by atoms with Crippen LogP contribution in [0.3, 0.4) is 0 Å². The summed E-state index contributed by atoms with van der Waals surface area (Å²) in [5.41, 5.74) is 3.01. The van der Waals surface area contributed by atoms with E-state index in [-0.39, 0.29) is 5.56 Å². The van der Waals surface area contributed by atoms with Gasteiger partial charge in [-0.15, -0.1) is 0 Å². The second-order valence-corrected chi connectivity index (χ2v) is 4.69. The van der Waals surface area contributed by atoms with Crippen molar-refractivity contribution < 1.29 is 4.74 Å². The Balaban J connectivity index is 2.06. The first-order valence-corrected chi connectivity index (χ1v) is 6.70. The number of aromatic nitrogens is 3. The van der Waals surface area contributed by atoms with Crippen LogP contribution in [-0.2, 0) is 11.2 Å². The van der Waals surface area contributed by atoms with Gasteiger partial charge in [0.1, 0.15) is 5.65 Å². The summed E-state index contributed by atoms with van der Waals surface area (Å²) >= 11 is 0. The first-order valence-electron chi connectivity index (χ1n) is 6.70. The van der Waals surface area contributed by atoms with Crippen LogP contribution in [0, 0.1) is 0 Å². The third-order valence-electron chi connectivity index (χ3n) is 3.32. The average molecular weight is 281 g/mol. The lowest BCUT2D eigenvalue weighted by Gasteiger charge is -2.06. The van der Waals surface area contributed by atoms with E-state index >= 15 is 0 Å². The third kappa shape index (κ3) is 2.68. The Bertz CT molecular complexity index is 813. The summed E-state index contributed by atoms with van der Waals surface area (Å²) in [6, 6.07) is 9.47. The van der Waals surface area contributed by atoms with Gasteiger partial charge in [-0.2, -0.15) is 0 Å². The molecule has 5 heteroatoms. The molecule has 0 fully saturated rings. The minimum absolute atomic E-state index is 0.0513. The van der Waals surface area contributed by atoms with Gasteiger partial charge in [0.15, 0.2) is 0 Å². The Kier molecular flexibility index (Phi) is 3.75. The van der Waals surface area contributed by atoms with Crippen LogP contribution in [0.25, 0.3) is 16.9 Å². The van der Waals surface area contributed by atoms with Crippen LogP contribution in [0.15, 0.2) is 53.7 Å². The van der Waals surface area contributed by atoms with Crippen LogP contribution >= 0.6 is 0 Å². The molecule has 106 valence electrons. The molecule has 0 amide bonds. The molecule has 0 radical (unpaired) electrons. The lowest BCUT2D eigenvalue weighted by atomic mass is 10.1. The summed E-state index contributed by atoms with van der Waals surface area (Å²) in [5, 5.41) is 0. The maximum atomic E-state index is 12.3. The van der Waals surface area contributed by atoms with E-state index in [0.29, 0.717) is 24.2 Å². The minimum atomic E-state index is -0.0513. The zero-order valence-corrected chi connectivity index (χ0v) is 11.7. The highest BCUT2D eigenvalue weighted by Crippen LogP contribution is 2.16. The molecule has 3 heterocycles. The summed E-state index contributed by atoms with van der Waals surface area (Å²) in [6.07, 6.45) is 5.67. The van der Waals surface area contributed by atoms with Crippen molar-refractivity contribution in [3.05, 3.63) is 64.8 Å². The number of nitrogens with zero attached hydrogens (tertiary/aromatic N) is 3. The van der Waals surface area contributed by atoms with E-state index in [1.165, 1.54) is 0 Å². The molecule has 0 saturated carbocycles. The Morgan fingerprint density at radius 3 is 2.90 bits per heavy atom. The Morgan fingerprint density at radius 1 is 1.24 bits per heavy atom. The van der Waals surface area contributed by atoms with Crippen molar-refractivity contribution in [3.63, 3.8) is 0 Å². The summed E-state index contributed by atoms with van der Waals surface area (Å²) in [7, 11) is 1.62. The monoisotopic (exact) mass is 281 g/mol. The smallest absolute Gasteiger partial charge is 0.261 e. The van der Waals surface area contributed by atoms with Gasteiger partial charge in [0.2, 0.25) is 0 Å². The highest BCUT2D eigenvalue weighted by Gasteiger charge is 2.06. The largest absolute Gasteiger partial charge is 0.384 e. The molecule has 0 atom stereocenters. The van der Waals surface area contributed by atoms with Gasteiger partial charge in [0.05, 0.1) is 12.3 Å². The van der Waals surface area contributed by atoms with Crippen molar-refractivity contribution in [1.82, 2.24) is 14.4 Å². The number of hydrogen-bond acceptors (Lipinski definition) is 4. The van der Waals surface area contributed by atoms with Crippen LogP contribution in [0.4, 0.5) is 0 Å². The van der Waals surface area contributed by atoms with Crippen LogP contribution < -0.4 is 5.56 Å². The molecule has 0 aliphatic rings. The topological polar surface area (TPSA) is 56.5 Å². The fourth-order valence-electron chi connectivity index (χ4n) is 2.19. The molecular formula is C16H15N3O2. The second-order valence-electron chi connectivity index (χ2n) is 4.69. The van der Waals surface area contributed by atoms with E-state index in [9.17, 15) is 4.79 Å². The van der Waals surface area contributed by atoms with E-state index < -0.39 is 0 Å². The maximum absolute atomic E-state index is 12.3. The standard InChI is InChI=1S/C16H15N3O2/c1-21-9-6-13-11-18-15-10-12(5-8-19(15)16(13)20)14-4-2-3-7-17-14/h2-5,7-8,10-11H,6,9H2,1H3. The molecule has 5 nitrogen and oxygen atoms in total. The van der Waals surface area contributed by atoms with Crippen molar-refractivity contribution in [2.45, 2.75) is 6.42 Å². The predicted octanol–water partition coefficient (Wildman–Crippen LogP) is 1.95. The number of pyridine rings is 2. The maximum Gasteiger partial charge on any atom is 0.261 e. The molecule has 0 N–H and O–H groups in total. The van der Waals surface area contributed by atoms with Gasteiger partial charge in [-0.25, -0.2) is 4.98 Å². The molecule has 0 aliphatic carbocycles. The molecule has 0 aromatic carbocycles. The quantitative estimate of drug-likeness (QED) is 0.733. The van der Waals surface area contributed by atoms with Gasteiger partial charge in [0, 0.05) is 43.2 Å². The van der Waals surface area contributed by atoms with Gasteiger partial charge < -0.3 is 4.74 Å². The van der Waals surface area contributed by atoms with Gasteiger partial charge in [-0.3, -0.25) is 14.2 Å². The van der Waals surface area contributed by atoms with Gasteiger partial charge in [-0.1, -0.05) is 6.07 Å². The molecule has 0 spiro atoms. The Morgan fingerprint density at radius 2 is 2.14 bits per heavy atom. The first-order chi connectivity index (χ1) is 10.3. The molecule has 0 bridgehead atoms. The molecule has 21 heavy (non-hydrogen) atoms. The molecule has 0 unspecified atom stereocenters. The average Bonchev–Trinajstić information content (AvgIpc) is 2.55. The first kappa shape index (κ1) is 13.5. The third-order valence-corrected chi connectivity index (χ3v) is 3.32. The normalized spacial score (nSPS) is 10.9. The van der Waals surface area contributed by atoms with E-state index in [4.69, 9.17) is 4.74 Å². The highest BCUT2D eigenvalue weighted by molar-refractivity contribution is 5.63. The van der Waals surface area contributed by atoms with Crippen LogP contribution in [0.1, 0.15) is 5.56 Å². The summed E-state index contributed by atoms with van der Waals surface area (Å²) in [5.74, 6) is 0. The SMILES string of the molecule is COCCc1cnc2cc(-c3ccccn3)ccn2c1=O. The summed E-state index contributed by atoms with van der Waals surface area (Å²) in [6.45, 7) is 0.509. The van der Waals surface area contributed by atoms with Crippen molar-refractivity contribution in [2.75, 3.05) is 13.7 Å². The predicted molar refractivity (Wildman–Crippen MR) is 80.3 cm³/mol. The highest BCUT2D eigenvalue weighted by atomic mass is 16.5. The molecule has 3 aromatic rings. The van der Waals surface area contributed by atoms with Gasteiger partial charge in [0.25, 0.3) is 5.56 Å². The van der Waals surface area contributed by atoms with E-state index in [1.54, 1.807) is 30.1 Å². The molecule has 3 aromatic heterocycles. The fourth-order valence-corrected chi connectivity index (χ4v) is 2.19. The van der Waals surface area contributed by atoms with Crippen molar-refractivity contribution in [2.24, 2.45) is 0 Å². The molecule has 0 saturated heterocycles. The van der Waals surface area contributed by atoms with E-state index in [0.717, 1.165) is 11.3 Å². The zero-order chi connectivity index (χ0) is 14.7. The lowest BCUT2D eigenvalue weighted by molar-refractivity contribution is 0.202.